The third-order valence-corrected chi connectivity index (χ3v) is 4.72. The molecule has 0 amide bonds. The summed E-state index contributed by atoms with van der Waals surface area (Å²) in [5.74, 6) is -0.183. The molecular formula is C10H15N3O5S. The van der Waals surface area contributed by atoms with Gasteiger partial charge in [-0.15, -0.1) is 0 Å². The van der Waals surface area contributed by atoms with Gasteiger partial charge in [0.15, 0.2) is 15.7 Å². The van der Waals surface area contributed by atoms with Crippen molar-refractivity contribution in [3.8, 4) is 0 Å². The molecule has 0 bridgehead atoms. The van der Waals surface area contributed by atoms with Crippen LogP contribution in [0.5, 0.6) is 0 Å². The number of hydrogen-bond acceptors (Lipinski definition) is 7. The third kappa shape index (κ3) is 3.74. The van der Waals surface area contributed by atoms with Gasteiger partial charge < -0.3 is 9.63 Å². The maximum absolute atomic E-state index is 11.5. The number of sulfone groups is 1. The van der Waals surface area contributed by atoms with Gasteiger partial charge in [-0.25, -0.2) is 8.42 Å². The summed E-state index contributed by atoms with van der Waals surface area (Å²) in [7, 11) is -3.06. The van der Waals surface area contributed by atoms with Crippen LogP contribution in [0.1, 0.15) is 18.1 Å². The monoisotopic (exact) mass is 289 g/mol. The molecule has 1 fully saturated rings. The van der Waals surface area contributed by atoms with Gasteiger partial charge in [0, 0.05) is 6.04 Å². The van der Waals surface area contributed by atoms with E-state index in [-0.39, 0.29) is 30.6 Å². The van der Waals surface area contributed by atoms with E-state index in [1.165, 1.54) is 0 Å². The number of aliphatic carboxylic acids is 1. The molecule has 1 aromatic rings. The summed E-state index contributed by atoms with van der Waals surface area (Å²) in [4.78, 5) is 16.4. The van der Waals surface area contributed by atoms with E-state index in [0.29, 0.717) is 18.1 Å². The van der Waals surface area contributed by atoms with Gasteiger partial charge in [-0.2, -0.15) is 4.98 Å². The Bertz CT molecular complexity index is 567. The summed E-state index contributed by atoms with van der Waals surface area (Å²) >= 11 is 0. The van der Waals surface area contributed by atoms with Gasteiger partial charge >= 0.3 is 5.97 Å². The summed E-state index contributed by atoms with van der Waals surface area (Å²) in [6.45, 7) is 1.56. The Morgan fingerprint density at radius 2 is 2.32 bits per heavy atom. The molecule has 9 heteroatoms. The summed E-state index contributed by atoms with van der Waals surface area (Å²) < 4.78 is 27.9. The second-order valence-electron chi connectivity index (χ2n) is 4.59. The maximum atomic E-state index is 11.5. The Morgan fingerprint density at radius 1 is 1.58 bits per heavy atom. The van der Waals surface area contributed by atoms with Gasteiger partial charge in [0.1, 0.15) is 0 Å². The van der Waals surface area contributed by atoms with Crippen molar-refractivity contribution >= 4 is 15.8 Å². The first kappa shape index (κ1) is 13.9. The van der Waals surface area contributed by atoms with Gasteiger partial charge in [0.2, 0.25) is 5.89 Å². The van der Waals surface area contributed by atoms with Crippen LogP contribution in [0.3, 0.4) is 0 Å². The highest BCUT2D eigenvalue weighted by Gasteiger charge is 2.33. The number of carboxylic acids is 1. The standard InChI is InChI=1S/C10H15N3O5S/c1-7-11-9(18-12-7)4-13(5-10(14)15)8-2-3-19(16,17)6-8/h8H,2-6H2,1H3,(H,14,15). The largest absolute Gasteiger partial charge is 0.480 e. The van der Waals surface area contributed by atoms with E-state index in [0.717, 1.165) is 0 Å². The van der Waals surface area contributed by atoms with E-state index in [4.69, 9.17) is 9.63 Å². The van der Waals surface area contributed by atoms with Crippen molar-refractivity contribution in [2.45, 2.75) is 25.9 Å². The molecule has 0 radical (unpaired) electrons. The molecule has 19 heavy (non-hydrogen) atoms. The fourth-order valence-corrected chi connectivity index (χ4v) is 3.89. The van der Waals surface area contributed by atoms with Crippen LogP contribution >= 0.6 is 0 Å². The molecule has 1 aliphatic rings. The number of nitrogens with zero attached hydrogens (tertiary/aromatic N) is 3. The van der Waals surface area contributed by atoms with E-state index >= 15 is 0 Å². The van der Waals surface area contributed by atoms with Crippen molar-refractivity contribution in [3.63, 3.8) is 0 Å². The second-order valence-corrected chi connectivity index (χ2v) is 6.82. The smallest absolute Gasteiger partial charge is 0.317 e. The van der Waals surface area contributed by atoms with Crippen LogP contribution in [0.15, 0.2) is 4.52 Å². The van der Waals surface area contributed by atoms with Crippen molar-refractivity contribution in [3.05, 3.63) is 11.7 Å². The Morgan fingerprint density at radius 3 is 2.79 bits per heavy atom. The minimum Gasteiger partial charge on any atom is -0.480 e. The quantitative estimate of drug-likeness (QED) is 0.768. The Balaban J connectivity index is 2.10. The van der Waals surface area contributed by atoms with Crippen molar-refractivity contribution in [1.29, 1.82) is 0 Å². The normalized spacial score (nSPS) is 21.9. The van der Waals surface area contributed by atoms with Gasteiger partial charge in [0.25, 0.3) is 0 Å². The highest BCUT2D eigenvalue weighted by atomic mass is 32.2. The van der Waals surface area contributed by atoms with E-state index in [2.05, 4.69) is 10.1 Å². The molecule has 1 atom stereocenters. The maximum Gasteiger partial charge on any atom is 0.317 e. The predicted octanol–water partition coefficient (Wildman–Crippen LogP) is -0.548. The number of rotatable bonds is 5. The summed E-state index contributed by atoms with van der Waals surface area (Å²) in [5.41, 5.74) is 0. The number of carboxylic acid groups (broad SMARTS) is 1. The Labute approximate surface area is 110 Å². The number of hydrogen-bond donors (Lipinski definition) is 1. The first-order valence-corrected chi connectivity index (χ1v) is 7.63. The van der Waals surface area contributed by atoms with Gasteiger partial charge in [-0.1, -0.05) is 5.16 Å². The zero-order valence-corrected chi connectivity index (χ0v) is 11.3. The Hall–Kier alpha value is -1.48. The number of aromatic nitrogens is 2. The van der Waals surface area contributed by atoms with Crippen LogP contribution in [-0.4, -0.2) is 58.6 Å². The molecule has 0 aromatic carbocycles. The molecule has 1 unspecified atom stereocenters. The fourth-order valence-electron chi connectivity index (χ4n) is 2.13. The zero-order valence-electron chi connectivity index (χ0n) is 10.4. The lowest BCUT2D eigenvalue weighted by molar-refractivity contribution is -0.139. The first-order chi connectivity index (χ1) is 8.85. The van der Waals surface area contributed by atoms with Crippen LogP contribution < -0.4 is 0 Å². The van der Waals surface area contributed by atoms with Crippen molar-refractivity contribution < 1.29 is 22.8 Å². The lowest BCUT2D eigenvalue weighted by Gasteiger charge is -2.24. The highest BCUT2D eigenvalue weighted by Crippen LogP contribution is 2.19. The minimum atomic E-state index is -3.06. The molecule has 1 N–H and O–H groups in total. The lowest BCUT2D eigenvalue weighted by atomic mass is 10.2. The minimum absolute atomic E-state index is 0.0204. The summed E-state index contributed by atoms with van der Waals surface area (Å²) in [6, 6.07) is -0.312. The molecule has 0 aliphatic carbocycles. The molecule has 0 saturated carbocycles. The SMILES string of the molecule is Cc1noc(CN(CC(=O)O)C2CCS(=O)(=O)C2)n1. The van der Waals surface area contributed by atoms with Crippen LogP contribution in [0.4, 0.5) is 0 Å². The van der Waals surface area contributed by atoms with E-state index in [9.17, 15) is 13.2 Å². The molecule has 8 nitrogen and oxygen atoms in total. The highest BCUT2D eigenvalue weighted by molar-refractivity contribution is 7.91. The van der Waals surface area contributed by atoms with Crippen molar-refractivity contribution in [2.75, 3.05) is 18.1 Å². The van der Waals surface area contributed by atoms with Crippen LogP contribution in [0, 0.1) is 6.92 Å². The molecule has 1 aliphatic heterocycles. The number of aryl methyl sites for hydroxylation is 1. The first-order valence-electron chi connectivity index (χ1n) is 5.81. The van der Waals surface area contributed by atoms with Gasteiger partial charge in [-0.05, 0) is 13.3 Å². The van der Waals surface area contributed by atoms with E-state index < -0.39 is 15.8 Å². The van der Waals surface area contributed by atoms with Crippen molar-refractivity contribution in [1.82, 2.24) is 15.0 Å². The molecule has 2 rings (SSSR count). The molecule has 1 saturated heterocycles. The average molecular weight is 289 g/mol. The van der Waals surface area contributed by atoms with Gasteiger partial charge in [-0.3, -0.25) is 9.69 Å². The zero-order chi connectivity index (χ0) is 14.0. The van der Waals surface area contributed by atoms with Crippen LogP contribution in [-0.2, 0) is 21.2 Å². The fraction of sp³-hybridized carbons (Fsp3) is 0.700. The summed E-state index contributed by atoms with van der Waals surface area (Å²) in [6.07, 6.45) is 0.433. The van der Waals surface area contributed by atoms with Crippen LogP contribution in [0.25, 0.3) is 0 Å². The molecule has 2 heterocycles. The summed E-state index contributed by atoms with van der Waals surface area (Å²) in [5, 5.41) is 12.5. The lowest BCUT2D eigenvalue weighted by Crippen LogP contribution is -2.39. The van der Waals surface area contributed by atoms with E-state index in [1.807, 2.05) is 0 Å². The van der Waals surface area contributed by atoms with Gasteiger partial charge in [0.05, 0.1) is 24.6 Å². The third-order valence-electron chi connectivity index (χ3n) is 2.97. The predicted molar refractivity (Wildman–Crippen MR) is 64.1 cm³/mol. The number of carbonyl (C=O) groups is 1. The van der Waals surface area contributed by atoms with Crippen molar-refractivity contribution in [2.24, 2.45) is 0 Å². The topological polar surface area (TPSA) is 114 Å². The van der Waals surface area contributed by atoms with Crippen LogP contribution in [0.2, 0.25) is 0 Å². The molecular weight excluding hydrogens is 274 g/mol. The second kappa shape index (κ2) is 5.25. The average Bonchev–Trinajstić information content (AvgIpc) is 2.83. The molecule has 1 aromatic heterocycles. The molecule has 0 spiro atoms. The Kier molecular flexibility index (Phi) is 3.85. The molecule has 106 valence electrons. The van der Waals surface area contributed by atoms with E-state index in [1.54, 1.807) is 11.8 Å².